The first-order valence-electron chi connectivity index (χ1n) is 7.99. The zero-order valence-corrected chi connectivity index (χ0v) is 13.4. The highest BCUT2D eigenvalue weighted by Gasteiger charge is 2.43. The Morgan fingerprint density at radius 1 is 0.789 bits per heavy atom. The van der Waals surface area contributed by atoms with E-state index in [-0.39, 0.29) is 0 Å². The van der Waals surface area contributed by atoms with Crippen molar-refractivity contribution in [3.8, 4) is 0 Å². The molecule has 0 atom stereocenters. The summed E-state index contributed by atoms with van der Waals surface area (Å²) in [7, 11) is -2.32. The predicted octanol–water partition coefficient (Wildman–Crippen LogP) is 2.66. The molecular formula is C14H29NO3Si. The van der Waals surface area contributed by atoms with E-state index in [1.165, 1.54) is 38.5 Å². The lowest BCUT2D eigenvalue weighted by molar-refractivity contribution is -0.00860. The molecule has 0 aromatic rings. The van der Waals surface area contributed by atoms with Gasteiger partial charge >= 0.3 is 8.80 Å². The molecule has 0 unspecified atom stereocenters. The van der Waals surface area contributed by atoms with Gasteiger partial charge in [0, 0.05) is 25.7 Å². The molecule has 0 aliphatic carbocycles. The second kappa shape index (κ2) is 8.37. The quantitative estimate of drug-likeness (QED) is 0.532. The Labute approximate surface area is 118 Å². The van der Waals surface area contributed by atoms with Crippen molar-refractivity contribution >= 4 is 8.80 Å². The lowest BCUT2D eigenvalue weighted by Gasteiger charge is -2.38. The van der Waals surface area contributed by atoms with E-state index < -0.39 is 8.80 Å². The zero-order valence-electron chi connectivity index (χ0n) is 12.4. The number of nitrogens with zero attached hydrogens (tertiary/aromatic N) is 1. The molecule has 0 radical (unpaired) electrons. The molecule has 3 aliphatic heterocycles. The van der Waals surface area contributed by atoms with Crippen LogP contribution >= 0.6 is 0 Å². The molecule has 0 saturated carbocycles. The Morgan fingerprint density at radius 3 is 1.89 bits per heavy atom. The highest BCUT2D eigenvalue weighted by atomic mass is 28.4. The summed E-state index contributed by atoms with van der Waals surface area (Å²) in [5.74, 6) is 0. The minimum absolute atomic E-state index is 0.780. The zero-order chi connectivity index (χ0) is 13.4. The van der Waals surface area contributed by atoms with E-state index in [9.17, 15) is 0 Å². The fraction of sp³-hybridized carbons (Fsp3) is 1.00. The van der Waals surface area contributed by atoms with Crippen LogP contribution in [0, 0.1) is 0 Å². The summed E-state index contributed by atoms with van der Waals surface area (Å²) in [6.45, 7) is 7.72. The summed E-state index contributed by atoms with van der Waals surface area (Å²) >= 11 is 0. The minimum Gasteiger partial charge on any atom is -0.372 e. The fourth-order valence-electron chi connectivity index (χ4n) is 2.79. The molecule has 3 saturated heterocycles. The van der Waals surface area contributed by atoms with Crippen LogP contribution in [0.1, 0.15) is 45.4 Å². The van der Waals surface area contributed by atoms with Crippen LogP contribution < -0.4 is 0 Å². The first-order chi connectivity index (χ1) is 9.35. The van der Waals surface area contributed by atoms with Crippen LogP contribution in [-0.2, 0) is 13.3 Å². The summed E-state index contributed by atoms with van der Waals surface area (Å²) in [4.78, 5) is 2.36. The van der Waals surface area contributed by atoms with Gasteiger partial charge in [0.05, 0.1) is 19.8 Å². The molecule has 0 amide bonds. The predicted molar refractivity (Wildman–Crippen MR) is 78.2 cm³/mol. The molecule has 112 valence electrons. The maximum atomic E-state index is 6.02. The highest BCUT2D eigenvalue weighted by Crippen LogP contribution is 2.23. The van der Waals surface area contributed by atoms with Crippen molar-refractivity contribution < 1.29 is 13.3 Å². The van der Waals surface area contributed by atoms with E-state index in [1.807, 2.05) is 0 Å². The van der Waals surface area contributed by atoms with Crippen molar-refractivity contribution in [1.82, 2.24) is 4.90 Å². The van der Waals surface area contributed by atoms with Crippen molar-refractivity contribution in [2.45, 2.75) is 51.5 Å². The van der Waals surface area contributed by atoms with Gasteiger partial charge in [-0.3, -0.25) is 4.90 Å². The second-order valence-electron chi connectivity index (χ2n) is 5.59. The van der Waals surface area contributed by atoms with Crippen LogP contribution in [0.2, 0.25) is 6.04 Å². The third-order valence-corrected chi connectivity index (χ3v) is 6.92. The number of hydrogen-bond donors (Lipinski definition) is 0. The van der Waals surface area contributed by atoms with E-state index in [4.69, 9.17) is 13.3 Å². The topological polar surface area (TPSA) is 30.9 Å². The second-order valence-corrected chi connectivity index (χ2v) is 8.32. The van der Waals surface area contributed by atoms with Crippen molar-refractivity contribution in [1.29, 1.82) is 0 Å². The smallest absolute Gasteiger partial charge is 0.372 e. The Morgan fingerprint density at radius 2 is 1.32 bits per heavy atom. The van der Waals surface area contributed by atoms with Crippen LogP contribution in [0.15, 0.2) is 0 Å². The van der Waals surface area contributed by atoms with Crippen LogP contribution in [0.5, 0.6) is 0 Å². The number of unbranched alkanes of at least 4 members (excludes halogenated alkanes) is 5. The molecule has 0 N–H and O–H groups in total. The number of hydrogen-bond acceptors (Lipinski definition) is 4. The van der Waals surface area contributed by atoms with Crippen LogP contribution in [-0.4, -0.2) is 53.2 Å². The van der Waals surface area contributed by atoms with E-state index in [2.05, 4.69) is 11.8 Å². The lowest BCUT2D eigenvalue weighted by atomic mass is 10.1. The summed E-state index contributed by atoms with van der Waals surface area (Å²) in [6.07, 6.45) is 7.86. The van der Waals surface area contributed by atoms with E-state index >= 15 is 0 Å². The molecule has 5 heteroatoms. The van der Waals surface area contributed by atoms with Crippen molar-refractivity contribution in [3.05, 3.63) is 0 Å². The SMILES string of the molecule is CCCCCCCC[Si]12OCCN(CCO1)CCO2. The maximum absolute atomic E-state index is 6.02. The van der Waals surface area contributed by atoms with Crippen molar-refractivity contribution in [3.63, 3.8) is 0 Å². The Bertz CT molecular complexity index is 226. The van der Waals surface area contributed by atoms with Gasteiger partial charge in [-0.05, 0) is 6.42 Å². The van der Waals surface area contributed by atoms with Gasteiger partial charge in [-0.1, -0.05) is 39.0 Å². The Balaban J connectivity index is 1.72. The normalized spacial score (nSPS) is 31.7. The molecule has 0 aromatic heterocycles. The van der Waals surface area contributed by atoms with Crippen LogP contribution in [0.25, 0.3) is 0 Å². The first kappa shape index (κ1) is 15.4. The fourth-order valence-corrected chi connectivity index (χ4v) is 5.36. The van der Waals surface area contributed by atoms with Crippen LogP contribution in [0.4, 0.5) is 0 Å². The molecule has 3 fully saturated rings. The summed E-state index contributed by atoms with van der Waals surface area (Å²) in [5.41, 5.74) is 0. The van der Waals surface area contributed by atoms with E-state index in [0.717, 1.165) is 45.5 Å². The molecule has 3 aliphatic rings. The maximum Gasteiger partial charge on any atom is 0.501 e. The van der Waals surface area contributed by atoms with Gasteiger partial charge < -0.3 is 13.3 Å². The molecule has 4 nitrogen and oxygen atoms in total. The summed E-state index contributed by atoms with van der Waals surface area (Å²) in [5, 5.41) is 0. The van der Waals surface area contributed by atoms with Crippen molar-refractivity contribution in [2.24, 2.45) is 0 Å². The standard InChI is InChI=1S/C14H29NO3Si/c1-2-3-4-5-6-7-14-19-16-11-8-15(9-12-17-19)10-13-18-19/h2-14H2,1H3. The molecule has 3 heterocycles. The summed E-state index contributed by atoms with van der Waals surface area (Å²) in [6, 6.07) is 1.01. The minimum atomic E-state index is -2.32. The molecule has 2 bridgehead atoms. The number of rotatable bonds is 7. The largest absolute Gasteiger partial charge is 0.501 e. The molecule has 3 rings (SSSR count). The van der Waals surface area contributed by atoms with E-state index in [1.54, 1.807) is 0 Å². The highest BCUT2D eigenvalue weighted by molar-refractivity contribution is 6.60. The first-order valence-corrected chi connectivity index (χ1v) is 9.92. The monoisotopic (exact) mass is 287 g/mol. The Kier molecular flexibility index (Phi) is 6.80. The summed E-state index contributed by atoms with van der Waals surface area (Å²) < 4.78 is 18.1. The average molecular weight is 287 g/mol. The average Bonchev–Trinajstić information content (AvgIpc) is 2.34. The van der Waals surface area contributed by atoms with E-state index in [0.29, 0.717) is 0 Å². The molecule has 0 spiro atoms. The van der Waals surface area contributed by atoms with Gasteiger partial charge in [0.1, 0.15) is 0 Å². The number of fused-ring (bicyclic) bond motifs is 6. The Hall–Kier alpha value is 0.0569. The third kappa shape index (κ3) is 5.15. The van der Waals surface area contributed by atoms with Gasteiger partial charge in [0.15, 0.2) is 0 Å². The van der Waals surface area contributed by atoms with Crippen LogP contribution in [0.3, 0.4) is 0 Å². The lowest BCUT2D eigenvalue weighted by Crippen LogP contribution is -2.54. The van der Waals surface area contributed by atoms with Crippen molar-refractivity contribution in [2.75, 3.05) is 39.5 Å². The van der Waals surface area contributed by atoms with Gasteiger partial charge in [-0.2, -0.15) is 0 Å². The van der Waals surface area contributed by atoms with Gasteiger partial charge in [-0.25, -0.2) is 0 Å². The van der Waals surface area contributed by atoms with Gasteiger partial charge in [-0.15, -0.1) is 0 Å². The molecular weight excluding hydrogens is 258 g/mol. The van der Waals surface area contributed by atoms with Gasteiger partial charge in [0.2, 0.25) is 0 Å². The molecule has 19 heavy (non-hydrogen) atoms. The molecule has 0 aromatic carbocycles. The van der Waals surface area contributed by atoms with Gasteiger partial charge in [0.25, 0.3) is 0 Å². The third-order valence-electron chi connectivity index (χ3n) is 4.02.